The summed E-state index contributed by atoms with van der Waals surface area (Å²) in [4.78, 5) is 24.7. The zero-order chi connectivity index (χ0) is 24.0. The third-order valence-corrected chi connectivity index (χ3v) is 6.83. The number of carbonyl (C=O) groups is 2. The molecule has 0 saturated heterocycles. The van der Waals surface area contributed by atoms with Gasteiger partial charge in [0.25, 0.3) is 0 Å². The molecule has 0 radical (unpaired) electrons. The van der Waals surface area contributed by atoms with Gasteiger partial charge in [-0.1, -0.05) is 117 Å². The fraction of sp³-hybridized carbons (Fsp3) is 0.929. The van der Waals surface area contributed by atoms with Gasteiger partial charge in [-0.05, 0) is 31.6 Å². The van der Waals surface area contributed by atoms with Gasteiger partial charge in [0, 0.05) is 0 Å². The summed E-state index contributed by atoms with van der Waals surface area (Å²) in [5, 5.41) is 2.79. The SMILES string of the molecule is CCCCCCCCCCCCCCCCOC(=O)C(NC(=O)OCCC)C1CCCCC1. The molecule has 5 heteroatoms. The number of amides is 1. The molecule has 1 amide bonds. The molecular weight excluding hydrogens is 414 g/mol. The van der Waals surface area contributed by atoms with Crippen molar-refractivity contribution in [1.82, 2.24) is 5.32 Å². The smallest absolute Gasteiger partial charge is 0.407 e. The van der Waals surface area contributed by atoms with Crippen LogP contribution in [0.4, 0.5) is 4.79 Å². The minimum atomic E-state index is -0.568. The lowest BCUT2D eigenvalue weighted by molar-refractivity contribution is -0.148. The number of carbonyl (C=O) groups excluding carboxylic acids is 2. The highest BCUT2D eigenvalue weighted by Crippen LogP contribution is 2.27. The third kappa shape index (κ3) is 16.1. The van der Waals surface area contributed by atoms with E-state index in [-0.39, 0.29) is 11.9 Å². The Labute approximate surface area is 204 Å². The normalized spacial score (nSPS) is 15.2. The molecule has 0 aromatic rings. The van der Waals surface area contributed by atoms with Gasteiger partial charge in [0.2, 0.25) is 0 Å². The second kappa shape index (κ2) is 21.3. The Hall–Kier alpha value is -1.26. The van der Waals surface area contributed by atoms with Gasteiger partial charge >= 0.3 is 12.1 Å². The number of rotatable bonds is 20. The van der Waals surface area contributed by atoms with Gasteiger partial charge in [-0.25, -0.2) is 9.59 Å². The summed E-state index contributed by atoms with van der Waals surface area (Å²) in [6.07, 6.45) is 23.9. The topological polar surface area (TPSA) is 64.6 Å². The van der Waals surface area contributed by atoms with Crippen LogP contribution >= 0.6 is 0 Å². The average Bonchev–Trinajstić information content (AvgIpc) is 2.84. The summed E-state index contributed by atoms with van der Waals surface area (Å²) in [5.41, 5.74) is 0. The van der Waals surface area contributed by atoms with Gasteiger partial charge in [0.15, 0.2) is 0 Å². The van der Waals surface area contributed by atoms with Crippen molar-refractivity contribution in [2.45, 2.75) is 148 Å². The highest BCUT2D eigenvalue weighted by atomic mass is 16.6. The predicted octanol–water partition coefficient (Wildman–Crippen LogP) is 8.10. The first-order valence-electron chi connectivity index (χ1n) is 14.3. The summed E-state index contributed by atoms with van der Waals surface area (Å²) >= 11 is 0. The lowest BCUT2D eigenvalue weighted by atomic mass is 9.84. The van der Waals surface area contributed by atoms with Crippen LogP contribution < -0.4 is 5.32 Å². The molecule has 1 fully saturated rings. The van der Waals surface area contributed by atoms with Crippen LogP contribution in [0, 0.1) is 5.92 Å². The van der Waals surface area contributed by atoms with E-state index in [0.29, 0.717) is 13.2 Å². The van der Waals surface area contributed by atoms with Crippen LogP contribution in [-0.4, -0.2) is 31.3 Å². The number of hydrogen-bond donors (Lipinski definition) is 1. The number of esters is 1. The minimum Gasteiger partial charge on any atom is -0.464 e. The van der Waals surface area contributed by atoms with Gasteiger partial charge in [-0.2, -0.15) is 0 Å². The molecule has 0 spiro atoms. The number of unbranched alkanes of at least 4 members (excludes halogenated alkanes) is 13. The summed E-state index contributed by atoms with van der Waals surface area (Å²) in [6, 6.07) is -0.568. The first-order chi connectivity index (χ1) is 16.2. The van der Waals surface area contributed by atoms with Crippen LogP contribution in [0.15, 0.2) is 0 Å². The largest absolute Gasteiger partial charge is 0.464 e. The highest BCUT2D eigenvalue weighted by Gasteiger charge is 2.32. The molecule has 1 aliphatic rings. The van der Waals surface area contributed by atoms with Gasteiger partial charge in [0.1, 0.15) is 6.04 Å². The Bertz CT molecular complexity index is 477. The molecule has 0 aromatic carbocycles. The molecule has 33 heavy (non-hydrogen) atoms. The van der Waals surface area contributed by atoms with E-state index in [1.54, 1.807) is 0 Å². The quantitative estimate of drug-likeness (QED) is 0.145. The van der Waals surface area contributed by atoms with Crippen molar-refractivity contribution in [3.05, 3.63) is 0 Å². The maximum Gasteiger partial charge on any atom is 0.407 e. The summed E-state index contributed by atoms with van der Waals surface area (Å²) < 4.78 is 10.7. The molecular formula is C28H53NO4. The van der Waals surface area contributed by atoms with E-state index in [1.807, 2.05) is 6.92 Å². The molecule has 194 valence electrons. The van der Waals surface area contributed by atoms with Crippen LogP contribution in [-0.2, 0) is 14.3 Å². The summed E-state index contributed by atoms with van der Waals surface area (Å²) in [7, 11) is 0. The first kappa shape index (κ1) is 29.8. The fourth-order valence-corrected chi connectivity index (χ4v) is 4.76. The Morgan fingerprint density at radius 1 is 0.667 bits per heavy atom. The van der Waals surface area contributed by atoms with E-state index >= 15 is 0 Å². The molecule has 0 heterocycles. The molecule has 1 atom stereocenters. The zero-order valence-corrected chi connectivity index (χ0v) is 21.8. The van der Waals surface area contributed by atoms with E-state index in [0.717, 1.165) is 44.9 Å². The molecule has 0 aromatic heterocycles. The van der Waals surface area contributed by atoms with Crippen LogP contribution in [0.2, 0.25) is 0 Å². The number of hydrogen-bond acceptors (Lipinski definition) is 4. The third-order valence-electron chi connectivity index (χ3n) is 6.83. The molecule has 1 N–H and O–H groups in total. The van der Waals surface area contributed by atoms with Gasteiger partial charge in [-0.15, -0.1) is 0 Å². The van der Waals surface area contributed by atoms with E-state index in [4.69, 9.17) is 9.47 Å². The van der Waals surface area contributed by atoms with Gasteiger partial charge in [-0.3, -0.25) is 0 Å². The summed E-state index contributed by atoms with van der Waals surface area (Å²) in [6.45, 7) is 5.05. The minimum absolute atomic E-state index is 0.164. The second-order valence-corrected chi connectivity index (χ2v) is 9.92. The second-order valence-electron chi connectivity index (χ2n) is 9.92. The van der Waals surface area contributed by atoms with E-state index in [1.165, 1.54) is 83.5 Å². The fourth-order valence-electron chi connectivity index (χ4n) is 4.76. The lowest BCUT2D eigenvalue weighted by Crippen LogP contribution is -2.47. The van der Waals surface area contributed by atoms with E-state index < -0.39 is 12.1 Å². The van der Waals surface area contributed by atoms with Gasteiger partial charge in [0.05, 0.1) is 13.2 Å². The predicted molar refractivity (Wildman–Crippen MR) is 136 cm³/mol. The maximum atomic E-state index is 12.7. The molecule has 1 aliphatic carbocycles. The molecule has 1 unspecified atom stereocenters. The number of nitrogens with one attached hydrogen (secondary N) is 1. The van der Waals surface area contributed by atoms with Crippen molar-refractivity contribution in [2.75, 3.05) is 13.2 Å². The number of alkyl carbamates (subject to hydrolysis) is 1. The highest BCUT2D eigenvalue weighted by molar-refractivity contribution is 5.81. The molecule has 0 aliphatic heterocycles. The molecule has 5 nitrogen and oxygen atoms in total. The molecule has 0 bridgehead atoms. The monoisotopic (exact) mass is 467 g/mol. The van der Waals surface area contributed by atoms with Crippen molar-refractivity contribution in [1.29, 1.82) is 0 Å². The molecule has 1 rings (SSSR count). The van der Waals surface area contributed by atoms with Crippen LogP contribution in [0.5, 0.6) is 0 Å². The van der Waals surface area contributed by atoms with Crippen molar-refractivity contribution in [2.24, 2.45) is 5.92 Å². The van der Waals surface area contributed by atoms with E-state index in [2.05, 4.69) is 12.2 Å². The Morgan fingerprint density at radius 2 is 1.18 bits per heavy atom. The van der Waals surface area contributed by atoms with Crippen LogP contribution in [0.3, 0.4) is 0 Å². The van der Waals surface area contributed by atoms with E-state index in [9.17, 15) is 9.59 Å². The van der Waals surface area contributed by atoms with Crippen molar-refractivity contribution in [3.63, 3.8) is 0 Å². The van der Waals surface area contributed by atoms with Crippen molar-refractivity contribution >= 4 is 12.1 Å². The zero-order valence-electron chi connectivity index (χ0n) is 21.8. The first-order valence-corrected chi connectivity index (χ1v) is 14.3. The maximum absolute atomic E-state index is 12.7. The Balaban J connectivity index is 2.07. The Kier molecular flexibility index (Phi) is 19.2. The van der Waals surface area contributed by atoms with Crippen LogP contribution in [0.1, 0.15) is 142 Å². The Morgan fingerprint density at radius 3 is 1.70 bits per heavy atom. The average molecular weight is 468 g/mol. The summed E-state index contributed by atoms with van der Waals surface area (Å²) in [5.74, 6) is -0.123. The van der Waals surface area contributed by atoms with Crippen LogP contribution in [0.25, 0.3) is 0 Å². The van der Waals surface area contributed by atoms with Gasteiger partial charge < -0.3 is 14.8 Å². The molecule has 1 saturated carbocycles. The lowest BCUT2D eigenvalue weighted by Gasteiger charge is -2.29. The number of ether oxygens (including phenoxy) is 2. The van der Waals surface area contributed by atoms with Crippen molar-refractivity contribution < 1.29 is 19.1 Å². The van der Waals surface area contributed by atoms with Crippen molar-refractivity contribution in [3.8, 4) is 0 Å². The standard InChI is InChI=1S/C28H53NO4/c1-3-5-6-7-8-9-10-11-12-13-14-15-16-20-24-32-27(30)26(25-21-18-17-19-22-25)29-28(31)33-23-4-2/h25-26H,3-24H2,1-2H3,(H,29,31).